The molecule has 7 heterocycles. The molecule has 9 rings (SSSR count). The van der Waals surface area contributed by atoms with E-state index in [0.717, 1.165) is 30.7 Å². The largest absolute Gasteiger partial charge is 0.358 e. The van der Waals surface area contributed by atoms with E-state index in [9.17, 15) is 16.8 Å². The maximum atomic E-state index is 11.8. The first kappa shape index (κ1) is 41.6. The van der Waals surface area contributed by atoms with Gasteiger partial charge in [-0.1, -0.05) is 12.1 Å². The average molecular weight is 875 g/mol. The van der Waals surface area contributed by atoms with Crippen molar-refractivity contribution in [3.8, 4) is 0 Å². The average Bonchev–Trinajstić information content (AvgIpc) is 3.94. The molecule has 0 aliphatic carbocycles. The first-order valence-electron chi connectivity index (χ1n) is 19.5. The molecular formula is C41H42N14O5S2. The van der Waals surface area contributed by atoms with Crippen LogP contribution in [-0.4, -0.2) is 85.4 Å². The summed E-state index contributed by atoms with van der Waals surface area (Å²) >= 11 is 0. The Balaban J connectivity index is 0.000000174. The number of rotatable bonds is 13. The SMILES string of the molecule is CS(=O)(=O)c1ccc(Nc2nc(NCc3ccccn3)nc3c2ncn3C2CCCCO2)cc1.CS(=O)(=O)c1ccc(Nc2nc(NCc3ccccn3)nc3nc[nH]c23)cc1. The van der Waals surface area contributed by atoms with Crippen LogP contribution < -0.4 is 21.3 Å². The van der Waals surface area contributed by atoms with E-state index in [4.69, 9.17) is 9.72 Å². The maximum Gasteiger partial charge on any atom is 0.227 e. The first-order valence-corrected chi connectivity index (χ1v) is 23.2. The molecule has 318 valence electrons. The lowest BCUT2D eigenvalue weighted by Crippen LogP contribution is -2.18. The number of nitrogens with one attached hydrogen (secondary N) is 5. The van der Waals surface area contributed by atoms with Crippen molar-refractivity contribution in [1.29, 1.82) is 0 Å². The number of hydrogen-bond donors (Lipinski definition) is 5. The summed E-state index contributed by atoms with van der Waals surface area (Å²) in [7, 11) is -6.52. The molecule has 21 heteroatoms. The number of pyridine rings is 2. The van der Waals surface area contributed by atoms with Crippen LogP contribution in [-0.2, 0) is 37.5 Å². The van der Waals surface area contributed by atoms with Crippen LogP contribution in [0.3, 0.4) is 0 Å². The lowest BCUT2D eigenvalue weighted by atomic mass is 10.2. The van der Waals surface area contributed by atoms with Crippen LogP contribution in [0.4, 0.5) is 34.9 Å². The molecule has 1 aliphatic heterocycles. The van der Waals surface area contributed by atoms with Crippen molar-refractivity contribution in [3.05, 3.63) is 121 Å². The van der Waals surface area contributed by atoms with Crippen LogP contribution in [0.5, 0.6) is 0 Å². The number of ether oxygens (including phenoxy) is 1. The van der Waals surface area contributed by atoms with Gasteiger partial charge in [-0.15, -0.1) is 0 Å². The van der Waals surface area contributed by atoms with E-state index in [2.05, 4.69) is 61.1 Å². The summed E-state index contributed by atoms with van der Waals surface area (Å²) in [5.74, 6) is 1.86. The number of fused-ring (bicyclic) bond motifs is 2. The van der Waals surface area contributed by atoms with Crippen molar-refractivity contribution in [3.63, 3.8) is 0 Å². The number of sulfone groups is 2. The number of hydrogen-bond acceptors (Lipinski definition) is 17. The normalized spacial score (nSPS) is 14.2. The van der Waals surface area contributed by atoms with Crippen LogP contribution in [0.2, 0.25) is 0 Å². The Hall–Kier alpha value is -7.10. The predicted molar refractivity (Wildman–Crippen MR) is 235 cm³/mol. The number of imidazole rings is 2. The van der Waals surface area contributed by atoms with Gasteiger partial charge < -0.3 is 31.0 Å². The zero-order chi connectivity index (χ0) is 43.1. The van der Waals surface area contributed by atoms with Crippen LogP contribution >= 0.6 is 0 Å². The van der Waals surface area contributed by atoms with E-state index < -0.39 is 19.7 Å². The monoisotopic (exact) mass is 874 g/mol. The van der Waals surface area contributed by atoms with Crippen LogP contribution in [0.25, 0.3) is 22.3 Å². The van der Waals surface area contributed by atoms with Gasteiger partial charge >= 0.3 is 0 Å². The molecule has 2 aromatic carbocycles. The lowest BCUT2D eigenvalue weighted by molar-refractivity contribution is -0.0298. The molecule has 1 atom stereocenters. The Morgan fingerprint density at radius 1 is 0.677 bits per heavy atom. The summed E-state index contributed by atoms with van der Waals surface area (Å²) in [4.78, 5) is 39.1. The molecule has 62 heavy (non-hydrogen) atoms. The number of benzene rings is 2. The third-order valence-corrected chi connectivity index (χ3v) is 11.8. The summed E-state index contributed by atoms with van der Waals surface area (Å²) in [6, 6.07) is 24.4. The van der Waals surface area contributed by atoms with Gasteiger partial charge in [-0.3, -0.25) is 14.5 Å². The molecule has 1 unspecified atom stereocenters. The van der Waals surface area contributed by atoms with Crippen LogP contribution in [0.15, 0.2) is 120 Å². The minimum absolute atomic E-state index is 0.126. The Morgan fingerprint density at radius 2 is 1.26 bits per heavy atom. The molecule has 19 nitrogen and oxygen atoms in total. The third-order valence-electron chi connectivity index (χ3n) is 9.57. The summed E-state index contributed by atoms with van der Waals surface area (Å²) in [5, 5.41) is 12.8. The Labute approximate surface area is 356 Å². The molecule has 0 saturated carbocycles. The minimum atomic E-state index is -3.28. The predicted octanol–water partition coefficient (Wildman–Crippen LogP) is 6.19. The van der Waals surface area contributed by atoms with E-state index in [-0.39, 0.29) is 16.0 Å². The van der Waals surface area contributed by atoms with Crippen molar-refractivity contribution in [2.45, 2.75) is 48.4 Å². The summed E-state index contributed by atoms with van der Waals surface area (Å²) < 4.78 is 54.7. The fourth-order valence-electron chi connectivity index (χ4n) is 6.43. The molecule has 0 bridgehead atoms. The highest BCUT2D eigenvalue weighted by atomic mass is 32.2. The third kappa shape index (κ3) is 10.3. The molecule has 0 amide bonds. The number of nitrogens with zero attached hydrogens (tertiary/aromatic N) is 9. The van der Waals surface area contributed by atoms with Crippen LogP contribution in [0.1, 0.15) is 36.9 Å². The molecule has 1 fully saturated rings. The Bertz CT molecular complexity index is 3000. The minimum Gasteiger partial charge on any atom is -0.358 e. The first-order chi connectivity index (χ1) is 30.0. The van der Waals surface area contributed by atoms with Crippen molar-refractivity contribution in [1.82, 2.24) is 49.4 Å². The molecule has 6 aromatic heterocycles. The summed E-state index contributed by atoms with van der Waals surface area (Å²) in [5.41, 5.74) is 5.51. The topological polar surface area (TPSA) is 249 Å². The lowest BCUT2D eigenvalue weighted by Gasteiger charge is -2.24. The summed E-state index contributed by atoms with van der Waals surface area (Å²) in [6.07, 6.45) is 12.0. The van der Waals surface area contributed by atoms with Gasteiger partial charge in [-0.05, 0) is 92.1 Å². The standard InChI is InChI=1S/C23H25N7O3S.C18H17N7O2S/c1-34(31,32)18-10-8-16(9-11-18)27-21-20-22(30(15-26-20)19-7-3-5-13-33-19)29-23(28-21)25-14-17-6-2-4-12-24-17;1-28(26,27)14-7-5-12(6-8-14)23-17-15-16(22-11-21-15)24-18(25-17)20-10-13-4-2-3-9-19-13/h2,4,6,8-12,15,19H,3,5,7,13-14H2,1H3,(H2,25,27,28,29);2-9,11H,10H2,1H3,(H3,20,21,22,23,24,25). The molecule has 0 spiro atoms. The zero-order valence-electron chi connectivity index (χ0n) is 33.6. The molecule has 0 radical (unpaired) electrons. The van der Waals surface area contributed by atoms with Crippen molar-refractivity contribution in [2.24, 2.45) is 0 Å². The van der Waals surface area contributed by atoms with Crippen molar-refractivity contribution >= 4 is 76.9 Å². The van der Waals surface area contributed by atoms with Gasteiger partial charge in [0, 0.05) is 42.9 Å². The van der Waals surface area contributed by atoms with Gasteiger partial charge in [0.25, 0.3) is 0 Å². The number of aromatic amines is 1. The van der Waals surface area contributed by atoms with Gasteiger partial charge in [0.2, 0.25) is 11.9 Å². The fourth-order valence-corrected chi connectivity index (χ4v) is 7.69. The molecular weight excluding hydrogens is 833 g/mol. The van der Waals surface area contributed by atoms with Crippen molar-refractivity contribution < 1.29 is 21.6 Å². The number of aromatic nitrogens is 10. The Morgan fingerprint density at radius 3 is 1.81 bits per heavy atom. The molecule has 8 aromatic rings. The van der Waals surface area contributed by atoms with Crippen molar-refractivity contribution in [2.75, 3.05) is 40.4 Å². The van der Waals surface area contributed by atoms with Gasteiger partial charge in [0.1, 0.15) is 11.7 Å². The molecule has 1 aliphatic rings. The number of H-pyrrole nitrogens is 1. The summed E-state index contributed by atoms with van der Waals surface area (Å²) in [6.45, 7) is 1.64. The van der Waals surface area contributed by atoms with E-state index in [1.807, 2.05) is 41.0 Å². The fraction of sp³-hybridized carbons (Fsp3) is 0.220. The highest BCUT2D eigenvalue weighted by molar-refractivity contribution is 7.91. The van der Waals surface area contributed by atoms with Gasteiger partial charge in [0.15, 0.2) is 48.1 Å². The van der Waals surface area contributed by atoms with Gasteiger partial charge in [-0.25, -0.2) is 26.8 Å². The number of anilines is 6. The quantitative estimate of drug-likeness (QED) is 0.0866. The van der Waals surface area contributed by atoms with E-state index in [1.165, 1.54) is 12.5 Å². The van der Waals surface area contributed by atoms with E-state index >= 15 is 0 Å². The second-order valence-electron chi connectivity index (χ2n) is 14.2. The highest BCUT2D eigenvalue weighted by Gasteiger charge is 2.22. The molecule has 1 saturated heterocycles. The zero-order valence-corrected chi connectivity index (χ0v) is 35.2. The van der Waals surface area contributed by atoms with Gasteiger partial charge in [0.05, 0.1) is 46.9 Å². The second kappa shape index (κ2) is 18.3. The maximum absolute atomic E-state index is 11.8. The van der Waals surface area contributed by atoms with E-state index in [0.29, 0.717) is 76.9 Å². The smallest absolute Gasteiger partial charge is 0.227 e. The second-order valence-corrected chi connectivity index (χ2v) is 18.3. The molecule has 5 N–H and O–H groups in total. The Kier molecular flexibility index (Phi) is 12.3. The van der Waals surface area contributed by atoms with Gasteiger partial charge in [-0.2, -0.15) is 19.9 Å². The highest BCUT2D eigenvalue weighted by Crippen LogP contribution is 2.30. The van der Waals surface area contributed by atoms with Crippen LogP contribution in [0, 0.1) is 0 Å². The van der Waals surface area contributed by atoms with E-state index in [1.54, 1.807) is 73.6 Å².